The Labute approximate surface area is 287 Å². The van der Waals surface area contributed by atoms with E-state index in [1.807, 2.05) is 68.1 Å². The van der Waals surface area contributed by atoms with E-state index >= 15 is 0 Å². The van der Waals surface area contributed by atoms with Crippen LogP contribution in [-0.2, 0) is 17.8 Å². The van der Waals surface area contributed by atoms with Crippen LogP contribution in [0.15, 0.2) is 60.9 Å². The van der Waals surface area contributed by atoms with Crippen molar-refractivity contribution >= 4 is 35.4 Å². The van der Waals surface area contributed by atoms with E-state index < -0.39 is 11.9 Å². The van der Waals surface area contributed by atoms with Crippen LogP contribution >= 0.6 is 0 Å². The number of esters is 1. The summed E-state index contributed by atoms with van der Waals surface area (Å²) in [4.78, 5) is 54.9. The molecule has 4 aliphatic heterocycles. The van der Waals surface area contributed by atoms with Crippen LogP contribution in [0.3, 0.4) is 0 Å². The molecule has 2 aromatic heterocycles. The van der Waals surface area contributed by atoms with Gasteiger partial charge in [0.1, 0.15) is 0 Å². The zero-order chi connectivity index (χ0) is 34.8. The number of hydrogen-bond acceptors (Lipinski definition) is 9. The lowest BCUT2D eigenvalue weighted by Crippen LogP contribution is -2.31. The van der Waals surface area contributed by atoms with Crippen LogP contribution in [0.4, 0.5) is 21.0 Å². The van der Waals surface area contributed by atoms with E-state index in [-0.39, 0.29) is 23.5 Å². The first-order chi connectivity index (χ1) is 24.3. The number of anilines is 2. The molecule has 4 aromatic rings. The van der Waals surface area contributed by atoms with Crippen LogP contribution < -0.4 is 9.80 Å². The van der Waals surface area contributed by atoms with Crippen molar-refractivity contribution < 1.29 is 29.0 Å². The zero-order valence-corrected chi connectivity index (χ0v) is 27.7. The lowest BCUT2D eigenvalue weighted by molar-refractivity contribution is 0.0518. The maximum absolute atomic E-state index is 12.5. The highest BCUT2D eigenvalue weighted by molar-refractivity contribution is 5.95. The Morgan fingerprint density at radius 1 is 0.740 bits per heavy atom. The number of urea groups is 2. The summed E-state index contributed by atoms with van der Waals surface area (Å²) in [6, 6.07) is 16.5. The predicted octanol–water partition coefficient (Wildman–Crippen LogP) is 3.34. The molecule has 0 aliphatic carbocycles. The molecule has 2 aromatic carbocycles. The Kier molecular flexibility index (Phi) is 9.15. The number of benzene rings is 2. The lowest BCUT2D eigenvalue weighted by atomic mass is 10.2. The van der Waals surface area contributed by atoms with Crippen molar-refractivity contribution in [2.45, 2.75) is 57.8 Å². The number of carbonyl (C=O) groups is 4. The topological polar surface area (TPSA) is 172 Å². The molecule has 8 rings (SSSR count). The van der Waals surface area contributed by atoms with E-state index in [0.29, 0.717) is 31.8 Å². The second-order valence-electron chi connectivity index (χ2n) is 12.7. The number of rotatable bonds is 9. The van der Waals surface area contributed by atoms with Gasteiger partial charge in [-0.3, -0.25) is 9.80 Å². The predicted molar refractivity (Wildman–Crippen MR) is 179 cm³/mol. The summed E-state index contributed by atoms with van der Waals surface area (Å²) in [5.74, 6) is -1.56. The molecule has 6 heterocycles. The molecule has 2 atom stereocenters. The van der Waals surface area contributed by atoms with Crippen LogP contribution in [-0.4, -0.2) is 114 Å². The number of carboxylic acids is 1. The van der Waals surface area contributed by atoms with Gasteiger partial charge in [0.2, 0.25) is 0 Å². The van der Waals surface area contributed by atoms with Gasteiger partial charge in [0.15, 0.2) is 11.4 Å². The number of fused-ring (bicyclic) bond motifs is 2. The highest BCUT2D eigenvalue weighted by atomic mass is 16.5. The Balaban J connectivity index is 0.000000157. The second-order valence-corrected chi connectivity index (χ2v) is 12.7. The Morgan fingerprint density at radius 2 is 1.20 bits per heavy atom. The summed E-state index contributed by atoms with van der Waals surface area (Å²) in [5.41, 5.74) is 3.91. The van der Waals surface area contributed by atoms with Gasteiger partial charge in [-0.1, -0.05) is 34.7 Å². The summed E-state index contributed by atoms with van der Waals surface area (Å²) in [5, 5.41) is 24.0. The summed E-state index contributed by atoms with van der Waals surface area (Å²) in [6.45, 7) is 6.23. The van der Waals surface area contributed by atoms with Crippen LogP contribution in [0.1, 0.15) is 64.7 Å². The van der Waals surface area contributed by atoms with Gasteiger partial charge in [-0.15, -0.1) is 10.2 Å². The largest absolute Gasteiger partial charge is 0.476 e. The Morgan fingerprint density at radius 3 is 1.62 bits per heavy atom. The van der Waals surface area contributed by atoms with Gasteiger partial charge < -0.3 is 19.6 Å². The molecule has 1 N–H and O–H groups in total. The molecule has 4 aliphatic rings. The fraction of sp³-hybridized carbons (Fsp3) is 0.412. The van der Waals surface area contributed by atoms with E-state index in [2.05, 4.69) is 20.6 Å². The van der Waals surface area contributed by atoms with Gasteiger partial charge in [-0.05, 0) is 68.0 Å². The van der Waals surface area contributed by atoms with Gasteiger partial charge in [-0.25, -0.2) is 28.5 Å². The van der Waals surface area contributed by atoms with Gasteiger partial charge >= 0.3 is 24.0 Å². The first kappa shape index (κ1) is 32.7. The van der Waals surface area contributed by atoms with Gasteiger partial charge in [0.05, 0.1) is 44.2 Å². The summed E-state index contributed by atoms with van der Waals surface area (Å²) in [7, 11) is 0. The van der Waals surface area contributed by atoms with E-state index in [4.69, 9.17) is 9.84 Å². The molecule has 0 bridgehead atoms. The summed E-state index contributed by atoms with van der Waals surface area (Å²) < 4.78 is 7.99. The van der Waals surface area contributed by atoms with Crippen LogP contribution in [0.5, 0.6) is 0 Å². The normalized spacial score (nSPS) is 19.5. The molecule has 0 saturated carbocycles. The van der Waals surface area contributed by atoms with Crippen molar-refractivity contribution in [1.29, 1.82) is 0 Å². The number of amides is 4. The minimum absolute atomic E-state index is 0.0742. The molecule has 16 heteroatoms. The Hall–Kier alpha value is -5.80. The van der Waals surface area contributed by atoms with Crippen LogP contribution in [0, 0.1) is 0 Å². The lowest BCUT2D eigenvalue weighted by Gasteiger charge is -2.17. The zero-order valence-electron chi connectivity index (χ0n) is 27.7. The van der Waals surface area contributed by atoms with Crippen molar-refractivity contribution in [2.24, 2.45) is 0 Å². The highest BCUT2D eigenvalue weighted by Crippen LogP contribution is 2.31. The number of aromatic carboxylic acids is 1. The molecule has 4 saturated heterocycles. The van der Waals surface area contributed by atoms with E-state index in [1.54, 1.807) is 17.8 Å². The van der Waals surface area contributed by atoms with Crippen molar-refractivity contribution in [3.05, 3.63) is 83.4 Å². The third-order valence-electron chi connectivity index (χ3n) is 9.46. The van der Waals surface area contributed by atoms with Gasteiger partial charge in [0, 0.05) is 37.6 Å². The third-order valence-corrected chi connectivity index (χ3v) is 9.46. The first-order valence-corrected chi connectivity index (χ1v) is 16.8. The molecular formula is C34H38N10O6. The molecule has 50 heavy (non-hydrogen) atoms. The molecule has 260 valence electrons. The SMILES string of the molecule is CCOC(=O)c1cn(Cc2ccc(N3CC4CCCN4C3=O)cc2)nn1.O=C(O)c1cn(Cc2ccc(N3CC4CCCN4C3=O)cc2)nn1. The minimum atomic E-state index is -1.09. The monoisotopic (exact) mass is 682 g/mol. The van der Waals surface area contributed by atoms with Crippen molar-refractivity contribution in [2.75, 3.05) is 42.6 Å². The molecule has 4 fully saturated rings. The quantitative estimate of drug-likeness (QED) is 0.258. The maximum atomic E-state index is 12.5. The van der Waals surface area contributed by atoms with Crippen LogP contribution in [0.2, 0.25) is 0 Å². The summed E-state index contributed by atoms with van der Waals surface area (Å²) >= 11 is 0. The minimum Gasteiger partial charge on any atom is -0.476 e. The molecule has 16 nitrogen and oxygen atoms in total. The van der Waals surface area contributed by atoms with Crippen molar-refractivity contribution in [3.63, 3.8) is 0 Å². The second kappa shape index (κ2) is 14.0. The highest BCUT2D eigenvalue weighted by Gasteiger charge is 2.41. The standard InChI is InChI=1S/C18H21N5O3.C16H17N5O3/c1-2-26-17(24)16-12-21(20-19-16)10-13-5-7-14(8-6-13)23-11-15-4-3-9-22(15)18(23)25;22-15(23)14-10-19(18-17-14)8-11-3-5-12(6-4-11)21-9-13-2-1-7-20(13)16(21)24/h5-8,12,15H,2-4,9-11H2,1H3;3-6,10,13H,1-2,7-9H2,(H,22,23). The smallest absolute Gasteiger partial charge is 0.360 e. The van der Waals surface area contributed by atoms with E-state index in [9.17, 15) is 19.2 Å². The summed E-state index contributed by atoms with van der Waals surface area (Å²) in [6.07, 6.45) is 7.35. The number of hydrogen-bond donors (Lipinski definition) is 1. The van der Waals surface area contributed by atoms with Crippen LogP contribution in [0.25, 0.3) is 0 Å². The average Bonchev–Trinajstić information content (AvgIpc) is 3.96. The fourth-order valence-electron chi connectivity index (χ4n) is 6.96. The third kappa shape index (κ3) is 6.73. The molecule has 0 radical (unpaired) electrons. The maximum Gasteiger partial charge on any atom is 0.360 e. The number of carboxylic acid groups (broad SMARTS) is 1. The van der Waals surface area contributed by atoms with Gasteiger partial charge in [-0.2, -0.15) is 0 Å². The van der Waals surface area contributed by atoms with Crippen molar-refractivity contribution in [3.8, 4) is 0 Å². The number of carbonyl (C=O) groups excluding carboxylic acids is 3. The van der Waals surface area contributed by atoms with E-state index in [0.717, 1.165) is 74.4 Å². The fourth-order valence-corrected chi connectivity index (χ4v) is 6.96. The Bertz CT molecular complexity index is 1870. The first-order valence-electron chi connectivity index (χ1n) is 16.8. The van der Waals surface area contributed by atoms with Gasteiger partial charge in [0.25, 0.3) is 0 Å². The van der Waals surface area contributed by atoms with E-state index in [1.165, 1.54) is 10.9 Å². The molecule has 4 amide bonds. The number of ether oxygens (including phenoxy) is 1. The average molecular weight is 683 g/mol. The number of nitrogens with zero attached hydrogens (tertiary/aromatic N) is 10. The number of aromatic nitrogens is 6. The van der Waals surface area contributed by atoms with Crippen molar-refractivity contribution in [1.82, 2.24) is 39.8 Å². The molecular weight excluding hydrogens is 644 g/mol. The molecule has 2 unspecified atom stereocenters. The molecule has 0 spiro atoms.